The minimum absolute atomic E-state index is 0.0648. The average Bonchev–Trinajstić information content (AvgIpc) is 3.14. The zero-order valence-corrected chi connectivity index (χ0v) is 15.0. The Labute approximate surface area is 159 Å². The molecule has 1 amide bonds. The van der Waals surface area contributed by atoms with Crippen molar-refractivity contribution in [1.82, 2.24) is 10.3 Å². The van der Waals surface area contributed by atoms with Crippen LogP contribution in [0, 0.1) is 17.0 Å². The van der Waals surface area contributed by atoms with Crippen LogP contribution in [-0.4, -0.2) is 34.9 Å². The maximum absolute atomic E-state index is 12.2. The summed E-state index contributed by atoms with van der Waals surface area (Å²) in [5.41, 5.74) is 1.91. The third-order valence-corrected chi connectivity index (χ3v) is 3.85. The number of nitro benzene ring substituents is 1. The topological polar surface area (TPSA) is 130 Å². The zero-order valence-electron chi connectivity index (χ0n) is 15.0. The predicted molar refractivity (Wildman–Crippen MR) is 98.2 cm³/mol. The fourth-order valence-electron chi connectivity index (χ4n) is 2.46. The van der Waals surface area contributed by atoms with Crippen molar-refractivity contribution in [2.45, 2.75) is 6.92 Å². The number of benzene rings is 2. The van der Waals surface area contributed by atoms with Crippen LogP contribution >= 0.6 is 0 Å². The Kier molecular flexibility index (Phi) is 5.49. The van der Waals surface area contributed by atoms with E-state index in [1.165, 1.54) is 24.3 Å². The molecule has 0 aliphatic rings. The van der Waals surface area contributed by atoms with Crippen molar-refractivity contribution in [3.05, 3.63) is 58.1 Å². The number of aryl methyl sites for hydroxylation is 1. The summed E-state index contributed by atoms with van der Waals surface area (Å²) < 4.78 is 15.3. The first-order valence-corrected chi connectivity index (χ1v) is 8.12. The molecule has 2 aromatic carbocycles. The van der Waals surface area contributed by atoms with Crippen molar-refractivity contribution in [2.75, 3.05) is 19.0 Å². The first-order valence-electron chi connectivity index (χ1n) is 8.12. The molecule has 0 fully saturated rings. The van der Waals surface area contributed by atoms with E-state index in [2.05, 4.69) is 15.6 Å². The van der Waals surface area contributed by atoms with Gasteiger partial charge in [0.1, 0.15) is 11.5 Å². The molecule has 3 aromatic rings. The number of nitrogens with zero attached hydrogens (tertiary/aromatic N) is 3. The van der Waals surface area contributed by atoms with Gasteiger partial charge in [0.05, 0.1) is 12.0 Å². The summed E-state index contributed by atoms with van der Waals surface area (Å²) >= 11 is 0. The van der Waals surface area contributed by atoms with Crippen molar-refractivity contribution >= 4 is 17.4 Å². The average molecular weight is 384 g/mol. The summed E-state index contributed by atoms with van der Waals surface area (Å²) in [5.74, 6) is 0.692. The summed E-state index contributed by atoms with van der Waals surface area (Å²) in [5, 5.41) is 20.8. The number of anilines is 1. The van der Waals surface area contributed by atoms with Crippen LogP contribution in [0.1, 0.15) is 5.56 Å². The second-order valence-electron chi connectivity index (χ2n) is 5.73. The van der Waals surface area contributed by atoms with Gasteiger partial charge in [-0.15, -0.1) is 0 Å². The number of rotatable bonds is 7. The Hall–Kier alpha value is -3.95. The van der Waals surface area contributed by atoms with Crippen LogP contribution in [0.25, 0.3) is 11.3 Å². The molecule has 0 bridgehead atoms. The number of amides is 1. The van der Waals surface area contributed by atoms with Gasteiger partial charge < -0.3 is 14.8 Å². The molecular formula is C18H16N4O6. The molecule has 0 unspecified atom stereocenters. The van der Waals surface area contributed by atoms with E-state index < -0.39 is 10.8 Å². The summed E-state index contributed by atoms with van der Waals surface area (Å²) in [4.78, 5) is 22.3. The van der Waals surface area contributed by atoms with Gasteiger partial charge in [-0.25, -0.2) is 4.63 Å². The van der Waals surface area contributed by atoms with Gasteiger partial charge in [-0.1, -0.05) is 0 Å². The van der Waals surface area contributed by atoms with Crippen LogP contribution in [0.5, 0.6) is 11.5 Å². The maximum atomic E-state index is 12.2. The molecule has 3 rings (SSSR count). The number of ether oxygens (including phenoxy) is 2. The van der Waals surface area contributed by atoms with Crippen LogP contribution in [-0.2, 0) is 4.79 Å². The second kappa shape index (κ2) is 8.16. The lowest BCUT2D eigenvalue weighted by Gasteiger charge is -2.08. The molecule has 0 aliphatic carbocycles. The smallest absolute Gasteiger partial charge is 0.269 e. The number of nitro groups is 1. The van der Waals surface area contributed by atoms with Crippen LogP contribution < -0.4 is 14.8 Å². The largest absolute Gasteiger partial charge is 0.497 e. The zero-order chi connectivity index (χ0) is 20.1. The van der Waals surface area contributed by atoms with Crippen molar-refractivity contribution in [1.29, 1.82) is 0 Å². The fourth-order valence-corrected chi connectivity index (χ4v) is 2.46. The van der Waals surface area contributed by atoms with E-state index in [4.69, 9.17) is 14.1 Å². The third kappa shape index (κ3) is 4.23. The van der Waals surface area contributed by atoms with Gasteiger partial charge in [0, 0.05) is 17.7 Å². The van der Waals surface area contributed by atoms with E-state index in [0.717, 1.165) is 11.1 Å². The van der Waals surface area contributed by atoms with Crippen molar-refractivity contribution in [3.8, 4) is 22.8 Å². The normalized spacial score (nSPS) is 10.4. The van der Waals surface area contributed by atoms with Gasteiger partial charge in [0.15, 0.2) is 12.3 Å². The molecule has 0 aliphatic heterocycles. The van der Waals surface area contributed by atoms with Gasteiger partial charge in [0.2, 0.25) is 5.82 Å². The summed E-state index contributed by atoms with van der Waals surface area (Å²) in [6.07, 6.45) is 0. The molecule has 144 valence electrons. The van der Waals surface area contributed by atoms with E-state index in [9.17, 15) is 14.9 Å². The monoisotopic (exact) mass is 384 g/mol. The highest BCUT2D eigenvalue weighted by Crippen LogP contribution is 2.29. The number of hydrogen-bond donors (Lipinski definition) is 1. The van der Waals surface area contributed by atoms with E-state index in [1.807, 2.05) is 13.0 Å². The van der Waals surface area contributed by atoms with Crippen LogP contribution in [0.4, 0.5) is 11.5 Å². The highest BCUT2D eigenvalue weighted by molar-refractivity contribution is 5.94. The molecule has 0 atom stereocenters. The Morgan fingerprint density at radius 3 is 2.54 bits per heavy atom. The quantitative estimate of drug-likeness (QED) is 0.486. The van der Waals surface area contributed by atoms with Crippen molar-refractivity contribution < 1.29 is 23.8 Å². The molecule has 10 heteroatoms. The van der Waals surface area contributed by atoms with Gasteiger partial charge >= 0.3 is 0 Å². The minimum Gasteiger partial charge on any atom is -0.497 e. The number of carbonyl (C=O) groups excluding carboxylic acids is 1. The highest BCUT2D eigenvalue weighted by Gasteiger charge is 2.17. The number of nitrogens with one attached hydrogen (secondary N) is 1. The number of hydrogen-bond acceptors (Lipinski definition) is 8. The maximum Gasteiger partial charge on any atom is 0.269 e. The van der Waals surface area contributed by atoms with Crippen molar-refractivity contribution in [2.24, 2.45) is 0 Å². The SMILES string of the molecule is COc1ccc(-c2nonc2NC(=O)COc2ccc([N+](=O)[O-])cc2)c(C)c1. The standard InChI is InChI=1S/C18H16N4O6/c1-11-9-14(26-2)7-8-15(11)17-18(21-28-20-17)19-16(23)10-27-13-5-3-12(4-6-13)22(24)25/h3-9H,10H2,1-2H3,(H,19,21,23). The van der Waals surface area contributed by atoms with Gasteiger partial charge in [-0.3, -0.25) is 14.9 Å². The molecule has 1 N–H and O–H groups in total. The molecule has 28 heavy (non-hydrogen) atoms. The summed E-state index contributed by atoms with van der Waals surface area (Å²) in [6.45, 7) is 1.56. The Morgan fingerprint density at radius 1 is 1.18 bits per heavy atom. The lowest BCUT2D eigenvalue weighted by atomic mass is 10.1. The van der Waals surface area contributed by atoms with E-state index in [0.29, 0.717) is 17.2 Å². The number of aromatic nitrogens is 2. The molecule has 0 spiro atoms. The number of methoxy groups -OCH3 is 1. The first kappa shape index (κ1) is 18.8. The molecule has 0 saturated heterocycles. The molecule has 0 saturated carbocycles. The molecular weight excluding hydrogens is 368 g/mol. The molecule has 10 nitrogen and oxygen atoms in total. The van der Waals surface area contributed by atoms with Crippen LogP contribution in [0.3, 0.4) is 0 Å². The summed E-state index contributed by atoms with van der Waals surface area (Å²) in [7, 11) is 1.57. The highest BCUT2D eigenvalue weighted by atomic mass is 16.6. The second-order valence-corrected chi connectivity index (χ2v) is 5.73. The van der Waals surface area contributed by atoms with Crippen LogP contribution in [0.2, 0.25) is 0 Å². The number of carbonyl (C=O) groups is 1. The molecule has 0 radical (unpaired) electrons. The van der Waals surface area contributed by atoms with E-state index in [1.54, 1.807) is 19.2 Å². The minimum atomic E-state index is -0.517. The van der Waals surface area contributed by atoms with Crippen molar-refractivity contribution in [3.63, 3.8) is 0 Å². The van der Waals surface area contributed by atoms with E-state index >= 15 is 0 Å². The Balaban J connectivity index is 1.65. The summed E-state index contributed by atoms with van der Waals surface area (Å²) in [6, 6.07) is 10.8. The van der Waals surface area contributed by atoms with Gasteiger partial charge in [-0.2, -0.15) is 0 Å². The fraction of sp³-hybridized carbons (Fsp3) is 0.167. The lowest BCUT2D eigenvalue weighted by molar-refractivity contribution is -0.384. The third-order valence-electron chi connectivity index (χ3n) is 3.85. The van der Waals surface area contributed by atoms with Gasteiger partial charge in [0.25, 0.3) is 11.6 Å². The Bertz CT molecular complexity index is 1000. The number of non-ortho nitro benzene ring substituents is 1. The van der Waals surface area contributed by atoms with Gasteiger partial charge in [-0.05, 0) is 53.1 Å². The molecule has 1 aromatic heterocycles. The lowest BCUT2D eigenvalue weighted by Crippen LogP contribution is -2.20. The van der Waals surface area contributed by atoms with E-state index in [-0.39, 0.29) is 18.1 Å². The van der Waals surface area contributed by atoms with Crippen LogP contribution in [0.15, 0.2) is 47.1 Å². The molecule has 1 heterocycles. The first-order chi connectivity index (χ1) is 13.5. The predicted octanol–water partition coefficient (Wildman–Crippen LogP) is 2.98. The Morgan fingerprint density at radius 2 is 1.89 bits per heavy atom.